The third-order valence-electron chi connectivity index (χ3n) is 5.23. The van der Waals surface area contributed by atoms with E-state index in [9.17, 15) is 4.79 Å². The normalized spacial score (nSPS) is 25.9. The molecule has 2 fully saturated rings. The molecule has 3 heterocycles. The summed E-state index contributed by atoms with van der Waals surface area (Å²) in [5.41, 5.74) is 2.18. The second-order valence-electron chi connectivity index (χ2n) is 6.51. The summed E-state index contributed by atoms with van der Waals surface area (Å²) in [6.07, 6.45) is 2.28. The summed E-state index contributed by atoms with van der Waals surface area (Å²) in [6.45, 7) is 4.67. The molecule has 2 atom stereocenters. The lowest BCUT2D eigenvalue weighted by molar-refractivity contribution is -0.143. The van der Waals surface area contributed by atoms with Crippen LogP contribution >= 0.6 is 0 Å². The Bertz CT molecular complexity index is 723. The minimum absolute atomic E-state index is 0.0471. The molecule has 0 aliphatic carbocycles. The molecule has 0 radical (unpaired) electrons. The number of hydrogen-bond acceptors (Lipinski definition) is 3. The van der Waals surface area contributed by atoms with Crippen molar-refractivity contribution in [3.8, 4) is 0 Å². The molecule has 116 valence electrons. The van der Waals surface area contributed by atoms with Gasteiger partial charge in [-0.1, -0.05) is 12.1 Å². The molecular formula is C17H22N4O. The van der Waals surface area contributed by atoms with E-state index in [0.717, 1.165) is 49.3 Å². The predicted octanol–water partition coefficient (Wildman–Crippen LogP) is 1.77. The summed E-state index contributed by atoms with van der Waals surface area (Å²) < 4.78 is 2.15. The van der Waals surface area contributed by atoms with Crippen molar-refractivity contribution in [2.45, 2.75) is 38.4 Å². The minimum Gasteiger partial charge on any atom is -0.337 e. The Morgan fingerprint density at radius 3 is 2.95 bits per heavy atom. The van der Waals surface area contributed by atoms with E-state index < -0.39 is 0 Å². The molecule has 22 heavy (non-hydrogen) atoms. The molecule has 1 aromatic heterocycles. The highest BCUT2D eigenvalue weighted by Crippen LogP contribution is 2.27. The lowest BCUT2D eigenvalue weighted by atomic mass is 10.1. The number of para-hydroxylation sites is 2. The number of nitrogens with zero attached hydrogens (tertiary/aromatic N) is 4. The average Bonchev–Trinajstić information content (AvgIpc) is 3.11. The number of aromatic nitrogens is 2. The van der Waals surface area contributed by atoms with E-state index in [1.165, 1.54) is 0 Å². The van der Waals surface area contributed by atoms with Gasteiger partial charge in [-0.3, -0.25) is 9.69 Å². The van der Waals surface area contributed by atoms with E-state index >= 15 is 0 Å². The number of fused-ring (bicyclic) bond motifs is 2. The van der Waals surface area contributed by atoms with Gasteiger partial charge in [0.2, 0.25) is 5.91 Å². The van der Waals surface area contributed by atoms with Gasteiger partial charge in [0.15, 0.2) is 0 Å². The van der Waals surface area contributed by atoms with Crippen LogP contribution in [-0.2, 0) is 18.4 Å². The van der Waals surface area contributed by atoms with E-state index in [1.807, 2.05) is 25.1 Å². The van der Waals surface area contributed by atoms with Gasteiger partial charge in [0.05, 0.1) is 23.6 Å². The standard InChI is InChI=1S/C17H22N4O/c1-12-17(22)21-9-5-6-13(21)10-20(12)11-16-18-14-7-3-4-8-15(14)19(16)2/h3-4,7-8,12-13H,5-6,9-11H2,1-2H3/t12-,13-/m1/s1. The van der Waals surface area contributed by atoms with Crippen molar-refractivity contribution in [2.75, 3.05) is 13.1 Å². The Morgan fingerprint density at radius 2 is 2.14 bits per heavy atom. The molecule has 5 nitrogen and oxygen atoms in total. The number of aryl methyl sites for hydroxylation is 1. The van der Waals surface area contributed by atoms with E-state index in [1.54, 1.807) is 0 Å². The monoisotopic (exact) mass is 298 g/mol. The molecule has 0 N–H and O–H groups in total. The summed E-state index contributed by atoms with van der Waals surface area (Å²) in [5.74, 6) is 1.32. The van der Waals surface area contributed by atoms with Crippen LogP contribution in [0.1, 0.15) is 25.6 Å². The van der Waals surface area contributed by atoms with Crippen LogP contribution in [0.5, 0.6) is 0 Å². The predicted molar refractivity (Wildman–Crippen MR) is 85.3 cm³/mol. The Morgan fingerprint density at radius 1 is 1.32 bits per heavy atom. The van der Waals surface area contributed by atoms with Gasteiger partial charge in [-0.2, -0.15) is 0 Å². The van der Waals surface area contributed by atoms with E-state index in [-0.39, 0.29) is 11.9 Å². The van der Waals surface area contributed by atoms with Crippen LogP contribution in [0, 0.1) is 0 Å². The largest absolute Gasteiger partial charge is 0.337 e. The van der Waals surface area contributed by atoms with Gasteiger partial charge in [0, 0.05) is 26.2 Å². The zero-order chi connectivity index (χ0) is 15.3. The first-order valence-electron chi connectivity index (χ1n) is 8.10. The number of hydrogen-bond donors (Lipinski definition) is 0. The summed E-state index contributed by atoms with van der Waals surface area (Å²) in [5, 5.41) is 0. The first-order chi connectivity index (χ1) is 10.6. The highest BCUT2D eigenvalue weighted by atomic mass is 16.2. The van der Waals surface area contributed by atoms with Crippen molar-refractivity contribution in [1.82, 2.24) is 19.4 Å². The highest BCUT2D eigenvalue weighted by molar-refractivity contribution is 5.83. The van der Waals surface area contributed by atoms with Gasteiger partial charge in [0.1, 0.15) is 5.82 Å². The van der Waals surface area contributed by atoms with Crippen molar-refractivity contribution in [3.05, 3.63) is 30.1 Å². The molecule has 2 aliphatic heterocycles. The molecule has 0 unspecified atom stereocenters. The van der Waals surface area contributed by atoms with E-state index in [4.69, 9.17) is 4.98 Å². The fraction of sp³-hybridized carbons (Fsp3) is 0.529. The molecule has 5 heteroatoms. The van der Waals surface area contributed by atoms with Crippen LogP contribution in [0.15, 0.2) is 24.3 Å². The second kappa shape index (κ2) is 5.09. The zero-order valence-corrected chi connectivity index (χ0v) is 13.2. The smallest absolute Gasteiger partial charge is 0.239 e. The second-order valence-corrected chi connectivity index (χ2v) is 6.51. The Labute approximate surface area is 130 Å². The maximum Gasteiger partial charge on any atom is 0.239 e. The van der Waals surface area contributed by atoms with Crippen LogP contribution in [0.25, 0.3) is 11.0 Å². The van der Waals surface area contributed by atoms with Gasteiger partial charge in [-0.05, 0) is 31.9 Å². The van der Waals surface area contributed by atoms with Crippen LogP contribution in [0.2, 0.25) is 0 Å². The van der Waals surface area contributed by atoms with Crippen LogP contribution in [0.4, 0.5) is 0 Å². The van der Waals surface area contributed by atoms with Crippen molar-refractivity contribution in [2.24, 2.45) is 7.05 Å². The van der Waals surface area contributed by atoms with Gasteiger partial charge < -0.3 is 9.47 Å². The molecule has 2 aliphatic rings. The summed E-state index contributed by atoms with van der Waals surface area (Å²) in [7, 11) is 2.06. The maximum atomic E-state index is 12.5. The fourth-order valence-corrected chi connectivity index (χ4v) is 3.86. The Kier molecular flexibility index (Phi) is 3.18. The van der Waals surface area contributed by atoms with E-state index in [0.29, 0.717) is 6.04 Å². The van der Waals surface area contributed by atoms with Gasteiger partial charge in [0.25, 0.3) is 0 Å². The topological polar surface area (TPSA) is 41.4 Å². The van der Waals surface area contributed by atoms with Crippen LogP contribution < -0.4 is 0 Å². The number of benzene rings is 1. The Hall–Kier alpha value is -1.88. The minimum atomic E-state index is -0.0471. The number of carbonyl (C=O) groups is 1. The van der Waals surface area contributed by atoms with Crippen LogP contribution in [0.3, 0.4) is 0 Å². The van der Waals surface area contributed by atoms with Gasteiger partial charge in [-0.25, -0.2) is 4.98 Å². The third-order valence-corrected chi connectivity index (χ3v) is 5.23. The van der Waals surface area contributed by atoms with Crippen LogP contribution in [-0.4, -0.2) is 50.4 Å². The molecule has 0 bridgehead atoms. The lowest BCUT2D eigenvalue weighted by Gasteiger charge is -2.41. The first kappa shape index (κ1) is 13.8. The Balaban J connectivity index is 1.61. The number of rotatable bonds is 2. The summed E-state index contributed by atoms with van der Waals surface area (Å²) >= 11 is 0. The molecule has 2 saturated heterocycles. The quantitative estimate of drug-likeness (QED) is 0.848. The van der Waals surface area contributed by atoms with Crippen molar-refractivity contribution in [1.29, 1.82) is 0 Å². The molecule has 0 saturated carbocycles. The first-order valence-corrected chi connectivity index (χ1v) is 8.10. The summed E-state index contributed by atoms with van der Waals surface area (Å²) in [6, 6.07) is 8.55. The van der Waals surface area contributed by atoms with Gasteiger partial charge >= 0.3 is 0 Å². The van der Waals surface area contributed by atoms with Crippen molar-refractivity contribution >= 4 is 16.9 Å². The fourth-order valence-electron chi connectivity index (χ4n) is 3.86. The molecule has 0 spiro atoms. The molecule has 1 amide bonds. The third kappa shape index (κ3) is 2.03. The lowest BCUT2D eigenvalue weighted by Crippen LogP contribution is -2.58. The van der Waals surface area contributed by atoms with E-state index in [2.05, 4.69) is 27.5 Å². The highest BCUT2D eigenvalue weighted by Gasteiger charge is 2.40. The van der Waals surface area contributed by atoms with Gasteiger partial charge in [-0.15, -0.1) is 0 Å². The number of amides is 1. The molecule has 2 aromatic rings. The molecule has 4 rings (SSSR count). The number of imidazole rings is 1. The van der Waals surface area contributed by atoms with Crippen molar-refractivity contribution < 1.29 is 4.79 Å². The zero-order valence-electron chi connectivity index (χ0n) is 13.2. The average molecular weight is 298 g/mol. The number of carbonyl (C=O) groups excluding carboxylic acids is 1. The summed E-state index contributed by atoms with van der Waals surface area (Å²) in [4.78, 5) is 21.6. The maximum absolute atomic E-state index is 12.5. The molecular weight excluding hydrogens is 276 g/mol. The van der Waals surface area contributed by atoms with Crippen molar-refractivity contribution in [3.63, 3.8) is 0 Å². The SMILES string of the molecule is C[C@@H]1C(=O)N2CCC[C@@H]2CN1Cc1nc2ccccc2n1C. The number of piperazine rings is 1. The molecule has 1 aromatic carbocycles.